The molecule has 12 heteroatoms. The number of rotatable bonds is 4. The van der Waals surface area contributed by atoms with Crippen LogP contribution in [0.1, 0.15) is 18.5 Å². The lowest BCUT2D eigenvalue weighted by Crippen LogP contribution is -2.44. The average molecular weight is 476 g/mol. The van der Waals surface area contributed by atoms with E-state index in [1.165, 1.54) is 0 Å². The van der Waals surface area contributed by atoms with E-state index in [-0.39, 0.29) is 6.04 Å². The van der Waals surface area contributed by atoms with Crippen LogP contribution in [0.15, 0.2) is 36.5 Å². The first-order valence-corrected chi connectivity index (χ1v) is 10.3. The number of imidazole rings is 1. The van der Waals surface area contributed by atoms with Crippen LogP contribution in [0.3, 0.4) is 0 Å². The number of piperidine rings is 1. The fourth-order valence-electron chi connectivity index (χ4n) is 3.55. The predicted octanol–water partition coefficient (Wildman–Crippen LogP) is 3.60. The Morgan fingerprint density at radius 3 is 2.65 bits per heavy atom. The van der Waals surface area contributed by atoms with Crippen molar-refractivity contribution in [2.75, 3.05) is 25.1 Å². The van der Waals surface area contributed by atoms with Gasteiger partial charge >= 0.3 is 12.1 Å². The van der Waals surface area contributed by atoms with Gasteiger partial charge in [-0.2, -0.15) is 13.2 Å². The zero-order chi connectivity index (χ0) is 24.9. The summed E-state index contributed by atoms with van der Waals surface area (Å²) >= 11 is 0. The fourth-order valence-corrected chi connectivity index (χ4v) is 3.55. The molecule has 0 spiro atoms. The van der Waals surface area contributed by atoms with E-state index in [1.807, 2.05) is 24.3 Å². The predicted molar refractivity (Wildman–Crippen MR) is 119 cm³/mol. The minimum atomic E-state index is -5.08. The number of aliphatic carboxylic acids is 1. The molecule has 3 aromatic rings. The van der Waals surface area contributed by atoms with Crippen LogP contribution in [0.25, 0.3) is 15.9 Å². The van der Waals surface area contributed by atoms with Crippen LogP contribution in [-0.4, -0.2) is 58.0 Å². The van der Waals surface area contributed by atoms with Crippen LogP contribution >= 0.6 is 0 Å². The molecular formula is C22H23F3N6O3. The third-order valence-corrected chi connectivity index (χ3v) is 5.18. The Kier molecular flexibility index (Phi) is 7.57. The maximum absolute atomic E-state index is 10.6. The Morgan fingerprint density at radius 2 is 2.09 bits per heavy atom. The first-order valence-electron chi connectivity index (χ1n) is 10.3. The Labute approximate surface area is 193 Å². The van der Waals surface area contributed by atoms with Gasteiger partial charge in [0.15, 0.2) is 0 Å². The number of benzene rings is 1. The van der Waals surface area contributed by atoms with E-state index < -0.39 is 12.1 Å². The van der Waals surface area contributed by atoms with E-state index in [0.717, 1.165) is 54.4 Å². The van der Waals surface area contributed by atoms with Crippen molar-refractivity contribution in [3.63, 3.8) is 0 Å². The molecule has 3 heterocycles. The zero-order valence-corrected chi connectivity index (χ0v) is 18.3. The monoisotopic (exact) mass is 476 g/mol. The number of methoxy groups -OCH3 is 1. The number of hydrogen-bond donors (Lipinski definition) is 2. The van der Waals surface area contributed by atoms with Crippen molar-refractivity contribution in [1.29, 1.82) is 0 Å². The minimum Gasteiger partial charge on any atom is -0.497 e. The molecular weight excluding hydrogens is 453 g/mol. The first-order chi connectivity index (χ1) is 16.1. The maximum Gasteiger partial charge on any atom is 0.490 e. The van der Waals surface area contributed by atoms with Crippen molar-refractivity contribution >= 4 is 28.6 Å². The topological polar surface area (TPSA) is 111 Å². The summed E-state index contributed by atoms with van der Waals surface area (Å²) in [5.74, 6) is -1.06. The number of alkyl halides is 3. The van der Waals surface area contributed by atoms with E-state index >= 15 is 0 Å². The second-order valence-corrected chi connectivity index (χ2v) is 7.62. The number of fused-ring (bicyclic) bond motifs is 1. The van der Waals surface area contributed by atoms with Crippen LogP contribution in [0.5, 0.6) is 5.75 Å². The highest BCUT2D eigenvalue weighted by atomic mass is 19.4. The number of carboxylic acids is 1. The lowest BCUT2D eigenvalue weighted by atomic mass is 10.1. The van der Waals surface area contributed by atoms with E-state index in [0.29, 0.717) is 12.2 Å². The second-order valence-electron chi connectivity index (χ2n) is 7.62. The van der Waals surface area contributed by atoms with Crippen molar-refractivity contribution < 1.29 is 27.8 Å². The van der Waals surface area contributed by atoms with E-state index in [9.17, 15) is 13.2 Å². The third kappa shape index (κ3) is 5.93. The van der Waals surface area contributed by atoms with Crippen LogP contribution in [0.2, 0.25) is 0 Å². The standard InChI is InChI=1S/C20H22N6O.C2HF3O2/c1-22-15-5-6-16(23-11-15)13-26-19-8-7-17(27-2)10-18(19)24-20(26)25-9-3-4-14(21)12-25;3-2(4,5)1(6)7/h5-8,10-11,14H,3-4,9,12-13,21H2,2H3;(H,6,7)/t14-;/m0./s1. The summed E-state index contributed by atoms with van der Waals surface area (Å²) in [6.07, 6.45) is -1.36. The number of carbonyl (C=O) groups is 1. The zero-order valence-electron chi connectivity index (χ0n) is 18.3. The number of aromatic nitrogens is 3. The Morgan fingerprint density at radius 1 is 1.35 bits per heavy atom. The second kappa shape index (κ2) is 10.4. The number of anilines is 1. The number of carboxylic acid groups (broad SMARTS) is 1. The van der Waals surface area contributed by atoms with Gasteiger partial charge in [-0.05, 0) is 31.0 Å². The number of nitrogens with zero attached hydrogens (tertiary/aromatic N) is 5. The van der Waals surface area contributed by atoms with Gasteiger partial charge in [-0.15, -0.1) is 0 Å². The molecule has 0 saturated carbocycles. The molecule has 1 aromatic carbocycles. The number of ether oxygens (including phenoxy) is 1. The van der Waals surface area contributed by atoms with E-state index in [1.54, 1.807) is 19.4 Å². The number of hydrogen-bond acceptors (Lipinski definition) is 6. The molecule has 0 amide bonds. The summed E-state index contributed by atoms with van der Waals surface area (Å²) in [5.41, 5.74) is 9.55. The van der Waals surface area contributed by atoms with Gasteiger partial charge in [0.2, 0.25) is 11.6 Å². The van der Waals surface area contributed by atoms with Gasteiger partial charge < -0.3 is 25.0 Å². The van der Waals surface area contributed by atoms with Gasteiger partial charge in [-0.1, -0.05) is 6.07 Å². The van der Waals surface area contributed by atoms with Gasteiger partial charge in [0.05, 0.1) is 37.0 Å². The van der Waals surface area contributed by atoms with Crippen molar-refractivity contribution in [3.05, 3.63) is 53.6 Å². The molecule has 1 aliphatic rings. The molecule has 9 nitrogen and oxygen atoms in total. The molecule has 0 unspecified atom stereocenters. The van der Waals surface area contributed by atoms with E-state index in [2.05, 4.69) is 19.3 Å². The summed E-state index contributed by atoms with van der Waals surface area (Å²) in [6.45, 7) is 9.41. The third-order valence-electron chi connectivity index (χ3n) is 5.18. The maximum atomic E-state index is 10.6. The van der Waals surface area contributed by atoms with Gasteiger partial charge in [0.25, 0.3) is 0 Å². The van der Waals surface area contributed by atoms with Crippen LogP contribution in [0.4, 0.5) is 24.8 Å². The molecule has 0 radical (unpaired) electrons. The van der Waals surface area contributed by atoms with E-state index in [4.69, 9.17) is 31.9 Å². The van der Waals surface area contributed by atoms with Crippen molar-refractivity contribution in [2.24, 2.45) is 5.73 Å². The highest BCUT2D eigenvalue weighted by molar-refractivity contribution is 5.80. The Bertz CT molecular complexity index is 1190. The number of halogens is 3. The largest absolute Gasteiger partial charge is 0.497 e. The van der Waals surface area contributed by atoms with Crippen molar-refractivity contribution in [1.82, 2.24) is 14.5 Å². The molecule has 1 atom stereocenters. The quantitative estimate of drug-likeness (QED) is 0.554. The number of pyridine rings is 1. The normalized spacial score (nSPS) is 15.9. The fraction of sp³-hybridized carbons (Fsp3) is 0.364. The van der Waals surface area contributed by atoms with Crippen LogP contribution < -0.4 is 15.4 Å². The summed E-state index contributed by atoms with van der Waals surface area (Å²) in [6, 6.07) is 9.79. The molecule has 0 bridgehead atoms. The van der Waals surface area contributed by atoms with Gasteiger partial charge in [0.1, 0.15) is 5.75 Å². The SMILES string of the molecule is O=C(O)C(F)(F)F.[C-]#[N+]c1ccc(Cn2c(N3CCC[C@H](N)C3)nc3cc(OC)ccc32)nc1. The average Bonchev–Trinajstić information content (AvgIpc) is 3.16. The molecule has 1 saturated heterocycles. The Balaban J connectivity index is 0.000000406. The summed E-state index contributed by atoms with van der Waals surface area (Å²) in [7, 11) is 1.66. The highest BCUT2D eigenvalue weighted by Crippen LogP contribution is 2.28. The minimum absolute atomic E-state index is 0.164. The lowest BCUT2D eigenvalue weighted by molar-refractivity contribution is -0.192. The molecule has 34 heavy (non-hydrogen) atoms. The Hall–Kier alpha value is -3.85. The van der Waals surface area contributed by atoms with Crippen LogP contribution in [-0.2, 0) is 11.3 Å². The molecule has 180 valence electrons. The molecule has 2 aromatic heterocycles. The molecule has 3 N–H and O–H groups in total. The molecule has 4 rings (SSSR count). The highest BCUT2D eigenvalue weighted by Gasteiger charge is 2.38. The smallest absolute Gasteiger partial charge is 0.490 e. The molecule has 1 fully saturated rings. The first kappa shape index (κ1) is 24.8. The van der Waals surface area contributed by atoms with Gasteiger partial charge in [0, 0.05) is 31.4 Å². The van der Waals surface area contributed by atoms with Crippen molar-refractivity contribution in [3.8, 4) is 5.75 Å². The van der Waals surface area contributed by atoms with Crippen molar-refractivity contribution in [2.45, 2.75) is 31.6 Å². The van der Waals surface area contributed by atoms with Crippen LogP contribution in [0, 0.1) is 6.57 Å². The molecule has 0 aliphatic carbocycles. The lowest BCUT2D eigenvalue weighted by Gasteiger charge is -2.32. The summed E-state index contributed by atoms with van der Waals surface area (Å²) in [4.78, 5) is 23.9. The summed E-state index contributed by atoms with van der Waals surface area (Å²) < 4.78 is 39.3. The van der Waals surface area contributed by atoms with Gasteiger partial charge in [-0.3, -0.25) is 4.98 Å². The summed E-state index contributed by atoms with van der Waals surface area (Å²) in [5, 5.41) is 7.12. The molecule has 1 aliphatic heterocycles. The number of nitrogens with two attached hydrogens (primary N) is 1. The van der Waals surface area contributed by atoms with Gasteiger partial charge in [-0.25, -0.2) is 14.6 Å².